The maximum absolute atomic E-state index is 11.6. The molecule has 0 aliphatic heterocycles. The van der Waals surface area contributed by atoms with E-state index in [-0.39, 0.29) is 23.8 Å². The molecule has 0 spiro atoms. The molecule has 0 radical (unpaired) electrons. The molecule has 0 saturated heterocycles. The highest BCUT2D eigenvalue weighted by Crippen LogP contribution is 2.09. The number of carbonyl (C=O) groups excluding carboxylic acids is 1. The zero-order valence-corrected chi connectivity index (χ0v) is 10.9. The number of rotatable bonds is 4. The molecule has 2 aromatic heterocycles. The number of imidazole rings is 1. The Kier molecular flexibility index (Phi) is 3.74. The first-order chi connectivity index (χ1) is 9.52. The maximum Gasteiger partial charge on any atom is 0.356 e. The van der Waals surface area contributed by atoms with E-state index in [9.17, 15) is 9.59 Å². The average molecular weight is 276 g/mol. The minimum absolute atomic E-state index is 0.110. The zero-order chi connectivity index (χ0) is 14.7. The Bertz CT molecular complexity index is 665. The van der Waals surface area contributed by atoms with Gasteiger partial charge in [-0.2, -0.15) is 0 Å². The smallest absolute Gasteiger partial charge is 0.356 e. The number of aryl methyl sites for hydroxylation is 1. The van der Waals surface area contributed by atoms with Crippen LogP contribution in [0.5, 0.6) is 0 Å². The van der Waals surface area contributed by atoms with Crippen LogP contribution in [0, 0.1) is 6.92 Å². The first-order valence-electron chi connectivity index (χ1n) is 5.81. The van der Waals surface area contributed by atoms with Crippen LogP contribution >= 0.6 is 0 Å². The number of carboxylic acids is 1. The summed E-state index contributed by atoms with van der Waals surface area (Å²) in [6.07, 6.45) is 3.93. The van der Waals surface area contributed by atoms with Crippen molar-refractivity contribution < 1.29 is 19.4 Å². The van der Waals surface area contributed by atoms with E-state index in [1.54, 1.807) is 13.8 Å². The third-order valence-corrected chi connectivity index (χ3v) is 2.49. The van der Waals surface area contributed by atoms with Crippen LogP contribution in [0.1, 0.15) is 33.5 Å². The highest BCUT2D eigenvalue weighted by Gasteiger charge is 2.14. The number of nitrogens with zero attached hydrogens (tertiary/aromatic N) is 4. The van der Waals surface area contributed by atoms with Crippen molar-refractivity contribution in [2.45, 2.75) is 13.8 Å². The first kappa shape index (κ1) is 13.7. The van der Waals surface area contributed by atoms with Crippen molar-refractivity contribution in [1.29, 1.82) is 0 Å². The molecule has 0 saturated carbocycles. The van der Waals surface area contributed by atoms with E-state index in [4.69, 9.17) is 9.84 Å². The summed E-state index contributed by atoms with van der Waals surface area (Å²) in [5, 5.41) is 8.80. The van der Waals surface area contributed by atoms with Gasteiger partial charge >= 0.3 is 11.9 Å². The molecule has 2 rings (SSSR count). The lowest BCUT2D eigenvalue weighted by molar-refractivity contribution is 0.0524. The Balaban J connectivity index is 2.32. The van der Waals surface area contributed by atoms with Crippen LogP contribution in [0.15, 0.2) is 18.7 Å². The number of hydrogen-bond donors (Lipinski definition) is 1. The van der Waals surface area contributed by atoms with Gasteiger partial charge in [0.25, 0.3) is 0 Å². The van der Waals surface area contributed by atoms with Crippen LogP contribution in [0.25, 0.3) is 5.95 Å². The summed E-state index contributed by atoms with van der Waals surface area (Å²) in [5.74, 6) is -1.40. The fraction of sp³-hybridized carbons (Fsp3) is 0.250. The van der Waals surface area contributed by atoms with Gasteiger partial charge in [0.1, 0.15) is 6.33 Å². The summed E-state index contributed by atoms with van der Waals surface area (Å²) in [6, 6.07) is 0. The van der Waals surface area contributed by atoms with Crippen LogP contribution in [-0.4, -0.2) is 43.2 Å². The van der Waals surface area contributed by atoms with Crippen molar-refractivity contribution in [1.82, 2.24) is 19.5 Å². The second kappa shape index (κ2) is 5.47. The lowest BCUT2D eigenvalue weighted by Gasteiger charge is -2.06. The second-order valence-corrected chi connectivity index (χ2v) is 3.86. The fourth-order valence-corrected chi connectivity index (χ4v) is 1.53. The van der Waals surface area contributed by atoms with Gasteiger partial charge in [-0.1, -0.05) is 0 Å². The van der Waals surface area contributed by atoms with E-state index in [0.29, 0.717) is 5.69 Å². The topological polar surface area (TPSA) is 107 Å². The summed E-state index contributed by atoms with van der Waals surface area (Å²) in [5.41, 5.74) is 0.605. The first-order valence-corrected chi connectivity index (χ1v) is 5.81. The molecule has 0 atom stereocenters. The molecule has 0 aromatic carbocycles. The van der Waals surface area contributed by atoms with E-state index >= 15 is 0 Å². The number of carboxylic acid groups (broad SMARTS) is 1. The van der Waals surface area contributed by atoms with Gasteiger partial charge in [-0.15, -0.1) is 0 Å². The van der Waals surface area contributed by atoms with Crippen molar-refractivity contribution >= 4 is 11.9 Å². The minimum Gasteiger partial charge on any atom is -0.476 e. The molecule has 104 valence electrons. The van der Waals surface area contributed by atoms with E-state index in [1.165, 1.54) is 23.3 Å². The van der Waals surface area contributed by atoms with Gasteiger partial charge in [-0.25, -0.2) is 24.5 Å². The predicted molar refractivity (Wildman–Crippen MR) is 66.8 cm³/mol. The molecule has 0 amide bonds. The van der Waals surface area contributed by atoms with Gasteiger partial charge in [-0.3, -0.25) is 4.57 Å². The van der Waals surface area contributed by atoms with Gasteiger partial charge in [0, 0.05) is 12.4 Å². The SMILES string of the molecule is CCOC(=O)c1cnc(-n2cnc(C(=O)O)c2)nc1C. The van der Waals surface area contributed by atoms with E-state index in [0.717, 1.165) is 0 Å². The third kappa shape index (κ3) is 2.63. The normalized spacial score (nSPS) is 10.3. The van der Waals surface area contributed by atoms with Gasteiger partial charge in [0.15, 0.2) is 5.69 Å². The van der Waals surface area contributed by atoms with Gasteiger partial charge < -0.3 is 9.84 Å². The minimum atomic E-state index is -1.14. The lowest BCUT2D eigenvalue weighted by atomic mass is 10.2. The predicted octanol–water partition coefficient (Wildman–Crippen LogP) is 0.846. The summed E-state index contributed by atoms with van der Waals surface area (Å²) in [6.45, 7) is 3.62. The summed E-state index contributed by atoms with van der Waals surface area (Å²) >= 11 is 0. The molecule has 2 aromatic rings. The van der Waals surface area contributed by atoms with Gasteiger partial charge in [-0.05, 0) is 13.8 Å². The molecule has 2 heterocycles. The quantitative estimate of drug-likeness (QED) is 0.824. The number of carbonyl (C=O) groups is 2. The highest BCUT2D eigenvalue weighted by molar-refractivity contribution is 5.90. The standard InChI is InChI=1S/C12H12N4O4/c1-3-20-11(19)8-4-13-12(15-7(8)2)16-5-9(10(17)18)14-6-16/h4-6H,3H2,1-2H3,(H,17,18). The summed E-state index contributed by atoms with van der Waals surface area (Å²) in [7, 11) is 0. The zero-order valence-electron chi connectivity index (χ0n) is 10.9. The Labute approximate surface area is 114 Å². The molecular weight excluding hydrogens is 264 g/mol. The van der Waals surface area contributed by atoms with Crippen LogP contribution in [-0.2, 0) is 4.74 Å². The van der Waals surface area contributed by atoms with Crippen molar-refractivity contribution in [2.24, 2.45) is 0 Å². The summed E-state index contributed by atoms with van der Waals surface area (Å²) in [4.78, 5) is 34.2. The molecule has 0 fully saturated rings. The molecule has 8 nitrogen and oxygen atoms in total. The number of esters is 1. The fourth-order valence-electron chi connectivity index (χ4n) is 1.53. The van der Waals surface area contributed by atoms with Gasteiger partial charge in [0.2, 0.25) is 5.95 Å². The molecule has 1 N–H and O–H groups in total. The Hall–Kier alpha value is -2.77. The maximum atomic E-state index is 11.6. The van der Waals surface area contributed by atoms with Crippen molar-refractivity contribution in [3.8, 4) is 5.95 Å². The van der Waals surface area contributed by atoms with Crippen LogP contribution in [0.4, 0.5) is 0 Å². The van der Waals surface area contributed by atoms with Crippen molar-refractivity contribution in [3.05, 3.63) is 35.7 Å². The van der Waals surface area contributed by atoms with Gasteiger partial charge in [0.05, 0.1) is 17.9 Å². The third-order valence-electron chi connectivity index (χ3n) is 2.49. The highest BCUT2D eigenvalue weighted by atomic mass is 16.5. The second-order valence-electron chi connectivity index (χ2n) is 3.86. The molecule has 20 heavy (non-hydrogen) atoms. The number of ether oxygens (including phenoxy) is 1. The van der Waals surface area contributed by atoms with Crippen molar-refractivity contribution in [3.63, 3.8) is 0 Å². The van der Waals surface area contributed by atoms with Crippen LogP contribution in [0.3, 0.4) is 0 Å². The Morgan fingerprint density at radius 1 is 1.40 bits per heavy atom. The molecule has 0 bridgehead atoms. The lowest BCUT2D eigenvalue weighted by Crippen LogP contribution is -2.11. The monoisotopic (exact) mass is 276 g/mol. The largest absolute Gasteiger partial charge is 0.476 e. The van der Waals surface area contributed by atoms with E-state index < -0.39 is 11.9 Å². The molecular formula is C12H12N4O4. The van der Waals surface area contributed by atoms with E-state index in [2.05, 4.69) is 15.0 Å². The number of aromatic carboxylic acids is 1. The van der Waals surface area contributed by atoms with E-state index in [1.807, 2.05) is 0 Å². The molecule has 8 heteroatoms. The molecule has 0 aliphatic rings. The number of aromatic nitrogens is 4. The van der Waals surface area contributed by atoms with Crippen LogP contribution < -0.4 is 0 Å². The Morgan fingerprint density at radius 3 is 2.70 bits per heavy atom. The molecule has 0 unspecified atom stereocenters. The number of hydrogen-bond acceptors (Lipinski definition) is 6. The van der Waals surface area contributed by atoms with Crippen LogP contribution in [0.2, 0.25) is 0 Å². The van der Waals surface area contributed by atoms with Crippen molar-refractivity contribution in [2.75, 3.05) is 6.61 Å². The Morgan fingerprint density at radius 2 is 2.15 bits per heavy atom. The summed E-state index contributed by atoms with van der Waals surface area (Å²) < 4.78 is 6.24. The average Bonchev–Trinajstić information content (AvgIpc) is 2.88. The molecule has 0 aliphatic carbocycles.